The highest BCUT2D eigenvalue weighted by Crippen LogP contribution is 2.34. The number of nitrogens with zero attached hydrogens (tertiary/aromatic N) is 1. The van der Waals surface area contributed by atoms with Crippen molar-refractivity contribution in [3.05, 3.63) is 21.9 Å². The number of aromatic hydroxyl groups is 1. The van der Waals surface area contributed by atoms with E-state index in [1.165, 1.54) is 0 Å². The first kappa shape index (κ1) is 12.8. The van der Waals surface area contributed by atoms with E-state index in [9.17, 15) is 18.7 Å². The summed E-state index contributed by atoms with van der Waals surface area (Å²) in [5.41, 5.74) is -1.22. The van der Waals surface area contributed by atoms with Crippen molar-refractivity contribution in [2.24, 2.45) is 0 Å². The summed E-state index contributed by atoms with van der Waals surface area (Å²) in [5, 5.41) is 9.23. The molecule has 0 aliphatic carbocycles. The first-order valence-electron chi connectivity index (χ1n) is 4.31. The summed E-state index contributed by atoms with van der Waals surface area (Å²) < 4.78 is 29.8. The summed E-state index contributed by atoms with van der Waals surface area (Å²) in [7, 11) is 0. The van der Waals surface area contributed by atoms with Crippen LogP contribution in [-0.2, 0) is 4.74 Å². The molecular formula is C9H8BrF2NO3. The maximum Gasteiger partial charge on any atom is 0.341 e. The van der Waals surface area contributed by atoms with Gasteiger partial charge in [-0.2, -0.15) is 0 Å². The van der Waals surface area contributed by atoms with Crippen LogP contribution >= 0.6 is 15.9 Å². The van der Waals surface area contributed by atoms with E-state index in [2.05, 4.69) is 25.7 Å². The van der Waals surface area contributed by atoms with Crippen LogP contribution in [-0.4, -0.2) is 22.7 Å². The van der Waals surface area contributed by atoms with E-state index >= 15 is 0 Å². The van der Waals surface area contributed by atoms with Crippen LogP contribution in [0.25, 0.3) is 0 Å². The first-order chi connectivity index (χ1) is 7.49. The average Bonchev–Trinajstić information content (AvgIpc) is 2.20. The lowest BCUT2D eigenvalue weighted by molar-refractivity contribution is 0.0512. The van der Waals surface area contributed by atoms with Gasteiger partial charge in [-0.05, 0) is 22.9 Å². The quantitative estimate of drug-likeness (QED) is 0.688. The lowest BCUT2D eigenvalue weighted by Crippen LogP contribution is -2.10. The molecule has 88 valence electrons. The molecule has 0 aliphatic rings. The Morgan fingerprint density at radius 2 is 2.31 bits per heavy atom. The molecule has 1 N–H and O–H groups in total. The Kier molecular flexibility index (Phi) is 4.17. The number of ether oxygens (including phenoxy) is 1. The molecule has 0 aromatic carbocycles. The number of esters is 1. The van der Waals surface area contributed by atoms with Crippen molar-refractivity contribution >= 4 is 21.9 Å². The van der Waals surface area contributed by atoms with E-state index in [-0.39, 0.29) is 11.2 Å². The third-order valence-electron chi connectivity index (χ3n) is 1.75. The van der Waals surface area contributed by atoms with Crippen molar-refractivity contribution in [2.45, 2.75) is 13.3 Å². The van der Waals surface area contributed by atoms with Crippen LogP contribution in [0.5, 0.6) is 5.75 Å². The summed E-state index contributed by atoms with van der Waals surface area (Å²) in [5.74, 6) is -1.69. The number of rotatable bonds is 3. The van der Waals surface area contributed by atoms with Crippen LogP contribution in [0.4, 0.5) is 8.78 Å². The van der Waals surface area contributed by atoms with Gasteiger partial charge in [0.15, 0.2) is 0 Å². The normalized spacial score (nSPS) is 10.6. The van der Waals surface area contributed by atoms with Crippen LogP contribution in [0.3, 0.4) is 0 Å². The van der Waals surface area contributed by atoms with Crippen LogP contribution in [0.1, 0.15) is 29.3 Å². The second-order valence-corrected chi connectivity index (χ2v) is 3.50. The molecule has 1 aromatic heterocycles. The van der Waals surface area contributed by atoms with Crippen LogP contribution in [0, 0.1) is 0 Å². The largest absolute Gasteiger partial charge is 0.506 e. The molecular weight excluding hydrogens is 288 g/mol. The Balaban J connectivity index is 3.34. The van der Waals surface area contributed by atoms with E-state index < -0.39 is 29.3 Å². The fourth-order valence-corrected chi connectivity index (χ4v) is 1.59. The summed E-state index contributed by atoms with van der Waals surface area (Å²) in [6, 6.07) is 0. The van der Waals surface area contributed by atoms with Crippen molar-refractivity contribution in [2.75, 3.05) is 6.61 Å². The van der Waals surface area contributed by atoms with Crippen LogP contribution in [0.15, 0.2) is 10.8 Å². The van der Waals surface area contributed by atoms with Gasteiger partial charge in [-0.3, -0.25) is 0 Å². The highest BCUT2D eigenvalue weighted by atomic mass is 79.9. The Morgan fingerprint density at radius 3 is 2.81 bits per heavy atom. The van der Waals surface area contributed by atoms with Gasteiger partial charge in [0.1, 0.15) is 15.9 Å². The van der Waals surface area contributed by atoms with Gasteiger partial charge in [0.25, 0.3) is 6.43 Å². The SMILES string of the molecule is CCOC(=O)c1c(Br)ncc(O)c1C(F)F. The molecule has 0 amide bonds. The maximum atomic E-state index is 12.7. The summed E-state index contributed by atoms with van der Waals surface area (Å²) in [6.45, 7) is 1.59. The number of halogens is 3. The Labute approximate surface area is 98.4 Å². The molecule has 0 unspecified atom stereocenters. The van der Waals surface area contributed by atoms with Crippen LogP contribution < -0.4 is 0 Å². The number of hydrogen-bond donors (Lipinski definition) is 1. The lowest BCUT2D eigenvalue weighted by atomic mass is 10.1. The third kappa shape index (κ3) is 2.46. The predicted molar refractivity (Wildman–Crippen MR) is 54.5 cm³/mol. The first-order valence-corrected chi connectivity index (χ1v) is 5.11. The minimum atomic E-state index is -2.99. The van der Waals surface area contributed by atoms with Crippen molar-refractivity contribution in [3.63, 3.8) is 0 Å². The van der Waals surface area contributed by atoms with E-state index in [1.54, 1.807) is 6.92 Å². The van der Waals surface area contributed by atoms with Gasteiger partial charge in [-0.15, -0.1) is 0 Å². The Morgan fingerprint density at radius 1 is 1.69 bits per heavy atom. The molecule has 1 heterocycles. The number of hydrogen-bond acceptors (Lipinski definition) is 4. The number of alkyl halides is 2. The van der Waals surface area contributed by atoms with E-state index in [0.717, 1.165) is 6.20 Å². The molecule has 0 bridgehead atoms. The number of aromatic nitrogens is 1. The zero-order valence-corrected chi connectivity index (χ0v) is 9.79. The van der Waals surface area contributed by atoms with Gasteiger partial charge in [-0.25, -0.2) is 18.6 Å². The number of carbonyl (C=O) groups is 1. The third-order valence-corrected chi connectivity index (χ3v) is 2.35. The minimum absolute atomic E-state index is 0.0452. The molecule has 0 saturated heterocycles. The zero-order chi connectivity index (χ0) is 12.3. The smallest absolute Gasteiger partial charge is 0.341 e. The van der Waals surface area contributed by atoms with Crippen molar-refractivity contribution < 1.29 is 23.4 Å². The predicted octanol–water partition coefficient (Wildman–Crippen LogP) is 2.66. The summed E-state index contributed by atoms with van der Waals surface area (Å²) in [6.07, 6.45) is -2.15. The number of carbonyl (C=O) groups excluding carboxylic acids is 1. The van der Waals surface area contributed by atoms with Crippen molar-refractivity contribution in [1.82, 2.24) is 4.98 Å². The van der Waals surface area contributed by atoms with E-state index in [0.29, 0.717) is 0 Å². The second kappa shape index (κ2) is 5.20. The fourth-order valence-electron chi connectivity index (χ4n) is 1.11. The van der Waals surface area contributed by atoms with E-state index in [1.807, 2.05) is 0 Å². The van der Waals surface area contributed by atoms with Gasteiger partial charge in [-0.1, -0.05) is 0 Å². The van der Waals surface area contributed by atoms with Gasteiger partial charge >= 0.3 is 5.97 Å². The maximum absolute atomic E-state index is 12.7. The summed E-state index contributed by atoms with van der Waals surface area (Å²) >= 11 is 2.86. The van der Waals surface area contributed by atoms with Gasteiger partial charge in [0.05, 0.1) is 18.4 Å². The minimum Gasteiger partial charge on any atom is -0.506 e. The second-order valence-electron chi connectivity index (χ2n) is 2.74. The van der Waals surface area contributed by atoms with Gasteiger partial charge < -0.3 is 9.84 Å². The molecule has 16 heavy (non-hydrogen) atoms. The molecule has 0 spiro atoms. The standard InChI is InChI=1S/C9H8BrF2NO3/c1-2-16-9(15)6-5(8(11)12)4(14)3-13-7(6)10/h3,8,14H,2H2,1H3. The fraction of sp³-hybridized carbons (Fsp3) is 0.333. The molecule has 4 nitrogen and oxygen atoms in total. The average molecular weight is 296 g/mol. The molecule has 0 fully saturated rings. The molecule has 0 aliphatic heterocycles. The lowest BCUT2D eigenvalue weighted by Gasteiger charge is -2.10. The molecule has 0 saturated carbocycles. The Hall–Kier alpha value is -1.24. The molecule has 0 radical (unpaired) electrons. The van der Waals surface area contributed by atoms with Gasteiger partial charge in [0.2, 0.25) is 0 Å². The molecule has 1 rings (SSSR count). The van der Waals surface area contributed by atoms with Crippen molar-refractivity contribution in [1.29, 1.82) is 0 Å². The molecule has 7 heteroatoms. The molecule has 1 aromatic rings. The highest BCUT2D eigenvalue weighted by Gasteiger charge is 2.26. The number of pyridine rings is 1. The monoisotopic (exact) mass is 295 g/mol. The van der Waals surface area contributed by atoms with Crippen molar-refractivity contribution in [3.8, 4) is 5.75 Å². The Bertz CT molecular complexity index is 412. The van der Waals surface area contributed by atoms with Gasteiger partial charge in [0, 0.05) is 0 Å². The zero-order valence-electron chi connectivity index (χ0n) is 8.21. The van der Waals surface area contributed by atoms with E-state index in [4.69, 9.17) is 0 Å². The topological polar surface area (TPSA) is 59.4 Å². The summed E-state index contributed by atoms with van der Waals surface area (Å²) in [4.78, 5) is 15.0. The molecule has 0 atom stereocenters. The highest BCUT2D eigenvalue weighted by molar-refractivity contribution is 9.10. The van der Waals surface area contributed by atoms with Crippen LogP contribution in [0.2, 0.25) is 0 Å².